The first-order valence-electron chi connectivity index (χ1n) is 8.60. The summed E-state index contributed by atoms with van der Waals surface area (Å²) in [6.45, 7) is 8.78. The fourth-order valence-corrected chi connectivity index (χ4v) is 3.16. The fraction of sp³-hybridized carbons (Fsp3) is 0.684. The fourth-order valence-electron chi connectivity index (χ4n) is 3.16. The first-order valence-corrected chi connectivity index (χ1v) is 8.60. The van der Waals surface area contributed by atoms with Gasteiger partial charge in [0.2, 0.25) is 0 Å². The highest BCUT2D eigenvalue weighted by molar-refractivity contribution is 5.18. The molecule has 0 aliphatic heterocycles. The summed E-state index contributed by atoms with van der Waals surface area (Å²) in [6.07, 6.45) is 5.36. The smallest absolute Gasteiger partial charge is 0.0665 e. The Hall–Kier alpha value is -0.860. The van der Waals surface area contributed by atoms with E-state index in [2.05, 4.69) is 56.4 Å². The molecule has 1 aliphatic carbocycles. The summed E-state index contributed by atoms with van der Waals surface area (Å²) in [5.74, 6) is 1.65. The third-order valence-corrected chi connectivity index (χ3v) is 4.89. The van der Waals surface area contributed by atoms with E-state index in [0.29, 0.717) is 12.1 Å². The molecule has 0 spiro atoms. The molecule has 0 saturated heterocycles. The van der Waals surface area contributed by atoms with Gasteiger partial charge in [0.25, 0.3) is 0 Å². The summed E-state index contributed by atoms with van der Waals surface area (Å²) < 4.78 is 6.25. The third-order valence-electron chi connectivity index (χ3n) is 4.89. The Bertz CT molecular complexity index is 392. The Labute approximate surface area is 130 Å². The Morgan fingerprint density at radius 2 is 1.90 bits per heavy atom. The molecule has 1 saturated carbocycles. The summed E-state index contributed by atoms with van der Waals surface area (Å²) in [7, 11) is 0. The average molecular weight is 289 g/mol. The summed E-state index contributed by atoms with van der Waals surface area (Å²) in [6, 6.07) is 11.0. The van der Waals surface area contributed by atoms with E-state index >= 15 is 0 Å². The molecule has 0 bridgehead atoms. The van der Waals surface area contributed by atoms with E-state index in [1.54, 1.807) is 0 Å². The van der Waals surface area contributed by atoms with Crippen molar-refractivity contribution in [2.75, 3.05) is 13.2 Å². The van der Waals surface area contributed by atoms with Crippen LogP contribution < -0.4 is 5.32 Å². The summed E-state index contributed by atoms with van der Waals surface area (Å²) >= 11 is 0. The predicted molar refractivity (Wildman–Crippen MR) is 89.4 cm³/mol. The van der Waals surface area contributed by atoms with Crippen LogP contribution in [0, 0.1) is 11.8 Å². The second-order valence-corrected chi connectivity index (χ2v) is 6.64. The second-order valence-electron chi connectivity index (χ2n) is 6.64. The normalized spacial score (nSPS) is 27.5. The number of rotatable bonds is 7. The lowest BCUT2D eigenvalue weighted by Gasteiger charge is -2.33. The van der Waals surface area contributed by atoms with Crippen LogP contribution in [0.1, 0.15) is 58.1 Å². The molecule has 2 nitrogen and oxygen atoms in total. The highest BCUT2D eigenvalue weighted by Crippen LogP contribution is 2.31. The van der Waals surface area contributed by atoms with E-state index in [1.807, 2.05) is 0 Å². The molecule has 118 valence electrons. The van der Waals surface area contributed by atoms with Gasteiger partial charge in [0.1, 0.15) is 0 Å². The molecule has 1 aromatic rings. The van der Waals surface area contributed by atoms with Gasteiger partial charge in [-0.3, -0.25) is 0 Å². The van der Waals surface area contributed by atoms with Crippen molar-refractivity contribution < 1.29 is 4.74 Å². The van der Waals surface area contributed by atoms with Crippen LogP contribution in [0.4, 0.5) is 0 Å². The Balaban J connectivity index is 1.87. The number of nitrogens with one attached hydrogen (secondary N) is 1. The van der Waals surface area contributed by atoms with Crippen molar-refractivity contribution in [1.29, 1.82) is 0 Å². The molecule has 2 heteroatoms. The SMILES string of the molecule is CCCNC(COC1CCC(C)C(C)C1)c1ccccc1. The maximum Gasteiger partial charge on any atom is 0.0665 e. The van der Waals surface area contributed by atoms with Gasteiger partial charge in [-0.2, -0.15) is 0 Å². The van der Waals surface area contributed by atoms with Gasteiger partial charge >= 0.3 is 0 Å². The van der Waals surface area contributed by atoms with Gasteiger partial charge in [-0.25, -0.2) is 0 Å². The zero-order valence-corrected chi connectivity index (χ0v) is 13.8. The Morgan fingerprint density at radius 1 is 1.14 bits per heavy atom. The van der Waals surface area contributed by atoms with Crippen LogP contribution in [-0.2, 0) is 4.74 Å². The monoisotopic (exact) mass is 289 g/mol. The van der Waals surface area contributed by atoms with Crippen LogP contribution in [0.3, 0.4) is 0 Å². The van der Waals surface area contributed by atoms with Crippen LogP contribution in [0.25, 0.3) is 0 Å². The minimum absolute atomic E-state index is 0.320. The summed E-state index contributed by atoms with van der Waals surface area (Å²) in [5.41, 5.74) is 1.34. The Kier molecular flexibility index (Phi) is 6.72. The predicted octanol–water partition coefficient (Wildman–Crippen LogP) is 4.57. The summed E-state index contributed by atoms with van der Waals surface area (Å²) in [4.78, 5) is 0. The minimum Gasteiger partial charge on any atom is -0.376 e. The van der Waals surface area contributed by atoms with Gasteiger partial charge in [-0.1, -0.05) is 51.1 Å². The first kappa shape index (κ1) is 16.5. The topological polar surface area (TPSA) is 21.3 Å². The molecule has 1 fully saturated rings. The highest BCUT2D eigenvalue weighted by Gasteiger charge is 2.25. The van der Waals surface area contributed by atoms with Crippen LogP contribution in [0.2, 0.25) is 0 Å². The lowest BCUT2D eigenvalue weighted by atomic mass is 9.80. The largest absolute Gasteiger partial charge is 0.376 e. The number of hydrogen-bond donors (Lipinski definition) is 1. The van der Waals surface area contributed by atoms with Gasteiger partial charge in [-0.05, 0) is 49.6 Å². The molecule has 0 aromatic heterocycles. The summed E-state index contributed by atoms with van der Waals surface area (Å²) in [5, 5.41) is 3.62. The number of benzene rings is 1. The van der Waals surface area contributed by atoms with Crippen molar-refractivity contribution in [1.82, 2.24) is 5.32 Å². The molecule has 1 aromatic carbocycles. The minimum atomic E-state index is 0.320. The molecule has 0 radical (unpaired) electrons. The van der Waals surface area contributed by atoms with Crippen molar-refractivity contribution in [3.8, 4) is 0 Å². The first-order chi connectivity index (χ1) is 10.2. The van der Waals surface area contributed by atoms with Crippen LogP contribution in [0.15, 0.2) is 30.3 Å². The van der Waals surface area contributed by atoms with Crippen molar-refractivity contribution in [2.45, 2.75) is 58.6 Å². The highest BCUT2D eigenvalue weighted by atomic mass is 16.5. The molecule has 0 heterocycles. The van der Waals surface area contributed by atoms with E-state index in [4.69, 9.17) is 4.74 Å². The van der Waals surface area contributed by atoms with Crippen molar-refractivity contribution >= 4 is 0 Å². The van der Waals surface area contributed by atoms with E-state index in [9.17, 15) is 0 Å². The van der Waals surface area contributed by atoms with Crippen LogP contribution >= 0.6 is 0 Å². The standard InChI is InChI=1S/C19H31NO/c1-4-12-20-19(17-8-6-5-7-9-17)14-21-18-11-10-15(2)16(3)13-18/h5-9,15-16,18-20H,4,10-14H2,1-3H3. The Morgan fingerprint density at radius 3 is 2.57 bits per heavy atom. The van der Waals surface area contributed by atoms with Crippen LogP contribution in [-0.4, -0.2) is 19.3 Å². The maximum atomic E-state index is 6.25. The molecule has 2 rings (SSSR count). The van der Waals surface area contributed by atoms with Gasteiger partial charge in [-0.15, -0.1) is 0 Å². The number of hydrogen-bond acceptors (Lipinski definition) is 2. The maximum absolute atomic E-state index is 6.25. The molecule has 1 N–H and O–H groups in total. The van der Waals surface area contributed by atoms with Crippen LogP contribution in [0.5, 0.6) is 0 Å². The van der Waals surface area contributed by atoms with Gasteiger partial charge < -0.3 is 10.1 Å². The van der Waals surface area contributed by atoms with E-state index in [0.717, 1.165) is 31.4 Å². The molecule has 21 heavy (non-hydrogen) atoms. The zero-order valence-electron chi connectivity index (χ0n) is 13.8. The molecular formula is C19H31NO. The van der Waals surface area contributed by atoms with E-state index in [1.165, 1.54) is 24.8 Å². The molecule has 0 amide bonds. The third kappa shape index (κ3) is 5.12. The quantitative estimate of drug-likeness (QED) is 0.794. The molecule has 4 unspecified atom stereocenters. The van der Waals surface area contributed by atoms with E-state index in [-0.39, 0.29) is 0 Å². The van der Waals surface area contributed by atoms with E-state index < -0.39 is 0 Å². The lowest BCUT2D eigenvalue weighted by Crippen LogP contribution is -2.31. The number of ether oxygens (including phenoxy) is 1. The van der Waals surface area contributed by atoms with Gasteiger partial charge in [0.05, 0.1) is 18.8 Å². The molecule has 1 aliphatic rings. The molecule has 4 atom stereocenters. The van der Waals surface area contributed by atoms with Gasteiger partial charge in [0.15, 0.2) is 0 Å². The second kappa shape index (κ2) is 8.55. The van der Waals surface area contributed by atoms with Crippen molar-refractivity contribution in [3.63, 3.8) is 0 Å². The lowest BCUT2D eigenvalue weighted by molar-refractivity contribution is -0.00758. The molecular weight excluding hydrogens is 258 g/mol. The zero-order chi connectivity index (χ0) is 15.1. The van der Waals surface area contributed by atoms with Gasteiger partial charge in [0, 0.05) is 0 Å². The van der Waals surface area contributed by atoms with Crippen molar-refractivity contribution in [3.05, 3.63) is 35.9 Å². The van der Waals surface area contributed by atoms with Crippen molar-refractivity contribution in [2.24, 2.45) is 11.8 Å². The average Bonchev–Trinajstić information content (AvgIpc) is 2.51.